The summed E-state index contributed by atoms with van der Waals surface area (Å²) >= 11 is 0. The molecule has 1 fully saturated rings. The van der Waals surface area contributed by atoms with Gasteiger partial charge in [-0.3, -0.25) is 8.37 Å². The van der Waals surface area contributed by atoms with Crippen molar-refractivity contribution in [3.05, 3.63) is 0 Å². The van der Waals surface area contributed by atoms with Crippen molar-refractivity contribution < 1.29 is 25.2 Å². The van der Waals surface area contributed by atoms with Gasteiger partial charge >= 0.3 is 0 Å². The van der Waals surface area contributed by atoms with E-state index < -0.39 is 32.4 Å². The van der Waals surface area contributed by atoms with Crippen molar-refractivity contribution in [2.45, 2.75) is 31.5 Å². The summed E-state index contributed by atoms with van der Waals surface area (Å²) in [7, 11) is -7.14. The molecule has 0 amide bonds. The van der Waals surface area contributed by atoms with Crippen molar-refractivity contribution in [2.24, 2.45) is 0 Å². The molecule has 0 heterocycles. The van der Waals surface area contributed by atoms with Crippen molar-refractivity contribution in [1.29, 1.82) is 0 Å². The number of rotatable bonds is 4. The molecule has 0 aromatic heterocycles. The van der Waals surface area contributed by atoms with E-state index in [2.05, 4.69) is 0 Å². The SMILES string of the molecule is CS(=O)(=O)O[C@H]1CCC[C@H]1OS(C)(=O)=O. The molecule has 0 bridgehead atoms. The van der Waals surface area contributed by atoms with Crippen LogP contribution in [0.1, 0.15) is 19.3 Å². The molecule has 0 N–H and O–H groups in total. The lowest BCUT2D eigenvalue weighted by molar-refractivity contribution is 0.0887. The molecule has 0 radical (unpaired) electrons. The molecule has 0 spiro atoms. The Morgan fingerprint density at radius 1 is 0.867 bits per heavy atom. The smallest absolute Gasteiger partial charge is 0.264 e. The van der Waals surface area contributed by atoms with Gasteiger partial charge in [-0.1, -0.05) is 0 Å². The largest absolute Gasteiger partial charge is 0.264 e. The van der Waals surface area contributed by atoms with E-state index in [1.807, 2.05) is 0 Å². The summed E-state index contributed by atoms with van der Waals surface area (Å²) in [5, 5.41) is 0. The number of hydrogen-bond donors (Lipinski definition) is 0. The topological polar surface area (TPSA) is 86.7 Å². The van der Waals surface area contributed by atoms with Crippen LogP contribution < -0.4 is 0 Å². The van der Waals surface area contributed by atoms with Crippen LogP contribution in [0.25, 0.3) is 0 Å². The van der Waals surface area contributed by atoms with E-state index in [-0.39, 0.29) is 0 Å². The molecule has 0 unspecified atom stereocenters. The lowest BCUT2D eigenvalue weighted by Gasteiger charge is -2.17. The predicted octanol–water partition coefficient (Wildman–Crippen LogP) is -0.140. The maximum Gasteiger partial charge on any atom is 0.264 e. The third-order valence-electron chi connectivity index (χ3n) is 1.99. The second-order valence-corrected chi connectivity index (χ2v) is 6.81. The molecule has 1 aliphatic rings. The zero-order chi connectivity index (χ0) is 11.7. The molecule has 0 aliphatic heterocycles. The van der Waals surface area contributed by atoms with E-state index in [0.717, 1.165) is 12.5 Å². The fourth-order valence-electron chi connectivity index (χ4n) is 1.56. The highest BCUT2D eigenvalue weighted by Gasteiger charge is 2.34. The summed E-state index contributed by atoms with van der Waals surface area (Å²) in [6.45, 7) is 0. The van der Waals surface area contributed by atoms with Gasteiger partial charge in [0.25, 0.3) is 20.2 Å². The molecule has 15 heavy (non-hydrogen) atoms. The molecule has 8 heteroatoms. The van der Waals surface area contributed by atoms with E-state index >= 15 is 0 Å². The maximum absolute atomic E-state index is 10.9. The molecular formula is C7H14O6S2. The highest BCUT2D eigenvalue weighted by molar-refractivity contribution is 7.86. The van der Waals surface area contributed by atoms with Gasteiger partial charge in [0.1, 0.15) is 12.2 Å². The van der Waals surface area contributed by atoms with Crippen LogP contribution in [0.15, 0.2) is 0 Å². The van der Waals surface area contributed by atoms with Crippen molar-refractivity contribution in [3.63, 3.8) is 0 Å². The van der Waals surface area contributed by atoms with Crippen LogP contribution in [0.2, 0.25) is 0 Å². The van der Waals surface area contributed by atoms with Gasteiger partial charge in [0.05, 0.1) is 12.5 Å². The van der Waals surface area contributed by atoms with Crippen molar-refractivity contribution in [3.8, 4) is 0 Å². The minimum absolute atomic E-state index is 0.493. The molecule has 90 valence electrons. The highest BCUT2D eigenvalue weighted by Crippen LogP contribution is 2.27. The normalized spacial score (nSPS) is 28.1. The Bertz CT molecular complexity index is 369. The zero-order valence-corrected chi connectivity index (χ0v) is 10.2. The first-order valence-electron chi connectivity index (χ1n) is 4.44. The third kappa shape index (κ3) is 4.92. The van der Waals surface area contributed by atoms with Crippen LogP contribution in [0.5, 0.6) is 0 Å². The summed E-state index contributed by atoms with van der Waals surface area (Å²) in [6, 6.07) is 0. The third-order valence-corrected chi connectivity index (χ3v) is 3.18. The summed E-state index contributed by atoms with van der Waals surface area (Å²) in [5.41, 5.74) is 0. The van der Waals surface area contributed by atoms with Gasteiger partial charge in [-0.25, -0.2) is 0 Å². The fraction of sp³-hybridized carbons (Fsp3) is 1.00. The predicted molar refractivity (Wildman–Crippen MR) is 53.3 cm³/mol. The molecular weight excluding hydrogens is 244 g/mol. The Morgan fingerprint density at radius 2 is 1.20 bits per heavy atom. The quantitative estimate of drug-likeness (QED) is 0.652. The molecule has 1 aliphatic carbocycles. The Balaban J connectivity index is 2.66. The van der Waals surface area contributed by atoms with Gasteiger partial charge in [0.2, 0.25) is 0 Å². The molecule has 1 saturated carbocycles. The zero-order valence-electron chi connectivity index (χ0n) is 8.54. The summed E-state index contributed by atoms with van der Waals surface area (Å²) < 4.78 is 53.0. The van der Waals surface area contributed by atoms with E-state index in [1.165, 1.54) is 0 Å². The van der Waals surface area contributed by atoms with Crippen LogP contribution in [-0.4, -0.2) is 41.6 Å². The Hall–Kier alpha value is -0.180. The number of hydrogen-bond acceptors (Lipinski definition) is 6. The van der Waals surface area contributed by atoms with Gasteiger partial charge in [0.15, 0.2) is 0 Å². The lowest BCUT2D eigenvalue weighted by atomic mass is 10.3. The van der Waals surface area contributed by atoms with E-state index in [4.69, 9.17) is 8.37 Å². The maximum atomic E-state index is 10.9. The van der Waals surface area contributed by atoms with Crippen LogP contribution in [0.4, 0.5) is 0 Å². The average molecular weight is 258 g/mol. The van der Waals surface area contributed by atoms with Crippen molar-refractivity contribution >= 4 is 20.2 Å². The second kappa shape index (κ2) is 4.36. The van der Waals surface area contributed by atoms with Gasteiger partial charge in [-0.15, -0.1) is 0 Å². The molecule has 6 nitrogen and oxygen atoms in total. The fourth-order valence-corrected chi connectivity index (χ4v) is 2.90. The minimum atomic E-state index is -3.57. The summed E-state index contributed by atoms with van der Waals surface area (Å²) in [4.78, 5) is 0. The van der Waals surface area contributed by atoms with Crippen LogP contribution in [0, 0.1) is 0 Å². The Morgan fingerprint density at radius 3 is 1.47 bits per heavy atom. The minimum Gasteiger partial charge on any atom is -0.264 e. The van der Waals surface area contributed by atoms with E-state index in [0.29, 0.717) is 19.3 Å². The van der Waals surface area contributed by atoms with Crippen molar-refractivity contribution in [2.75, 3.05) is 12.5 Å². The molecule has 2 atom stereocenters. The molecule has 0 saturated heterocycles. The molecule has 0 aromatic carbocycles. The highest BCUT2D eigenvalue weighted by atomic mass is 32.2. The van der Waals surface area contributed by atoms with Crippen LogP contribution >= 0.6 is 0 Å². The van der Waals surface area contributed by atoms with Crippen LogP contribution in [0.3, 0.4) is 0 Å². The van der Waals surface area contributed by atoms with E-state index in [1.54, 1.807) is 0 Å². The van der Waals surface area contributed by atoms with Gasteiger partial charge < -0.3 is 0 Å². The summed E-state index contributed by atoms with van der Waals surface area (Å²) in [6.07, 6.45) is 2.18. The van der Waals surface area contributed by atoms with Gasteiger partial charge in [-0.2, -0.15) is 16.8 Å². The second-order valence-electron chi connectivity index (χ2n) is 3.61. The van der Waals surface area contributed by atoms with Crippen molar-refractivity contribution in [1.82, 2.24) is 0 Å². The first kappa shape index (κ1) is 12.9. The standard InChI is InChI=1S/C7H14O6S2/c1-14(8,9)12-6-4-3-5-7(6)13-15(2,10)11/h6-7H,3-5H2,1-2H3/t6-,7+. The monoisotopic (exact) mass is 258 g/mol. The van der Waals surface area contributed by atoms with Crippen LogP contribution in [-0.2, 0) is 28.6 Å². The van der Waals surface area contributed by atoms with Gasteiger partial charge in [-0.05, 0) is 19.3 Å². The van der Waals surface area contributed by atoms with E-state index in [9.17, 15) is 16.8 Å². The Labute approximate surface area is 89.8 Å². The lowest BCUT2D eigenvalue weighted by Crippen LogP contribution is -2.30. The molecule has 0 aromatic rings. The van der Waals surface area contributed by atoms with Gasteiger partial charge in [0, 0.05) is 0 Å². The average Bonchev–Trinajstić information content (AvgIpc) is 2.29. The molecule has 1 rings (SSSR count). The summed E-state index contributed by atoms with van der Waals surface area (Å²) in [5.74, 6) is 0. The first-order valence-corrected chi connectivity index (χ1v) is 8.07. The first-order chi connectivity index (χ1) is 6.67. The Kier molecular flexibility index (Phi) is 3.75.